The van der Waals surface area contributed by atoms with Crippen LogP contribution in [0.5, 0.6) is 0 Å². The molecule has 41 heavy (non-hydrogen) atoms. The largest absolute Gasteiger partial charge is 0.455 e. The molecule has 0 saturated heterocycles. The lowest BCUT2D eigenvalue weighted by atomic mass is 9.79. The van der Waals surface area contributed by atoms with Gasteiger partial charge in [0.2, 0.25) is 0 Å². The number of hydrogen-bond acceptors (Lipinski definition) is 2. The van der Waals surface area contributed by atoms with Crippen molar-refractivity contribution in [2.24, 2.45) is 0 Å². The van der Waals surface area contributed by atoms with Crippen molar-refractivity contribution in [3.8, 4) is 33.5 Å². The fraction of sp³-hybridized carbons (Fsp3) is 0.256. The SMILES string of the molecule is [2H]C([2H])([2H])c1ccc(-c2cccc3c2oc2c(-c4cccc(-c5cc(C(C)(C)C)cc(C(C)(C)C)c5)c4)cc(C([2H])([2H])[2H])cc23)nc1. The molecule has 2 heterocycles. The minimum atomic E-state index is -2.34. The van der Waals surface area contributed by atoms with E-state index < -0.39 is 13.7 Å². The summed E-state index contributed by atoms with van der Waals surface area (Å²) in [5.74, 6) is 0. The zero-order chi connectivity index (χ0) is 34.1. The first-order valence-corrected chi connectivity index (χ1v) is 14.0. The van der Waals surface area contributed by atoms with E-state index in [2.05, 4.69) is 76.9 Å². The van der Waals surface area contributed by atoms with Crippen LogP contribution in [0, 0.1) is 13.7 Å². The van der Waals surface area contributed by atoms with Crippen molar-refractivity contribution in [3.05, 3.63) is 113 Å². The smallest absolute Gasteiger partial charge is 0.144 e. The molecule has 2 nitrogen and oxygen atoms in total. The molecular formula is C39H39NO. The monoisotopic (exact) mass is 543 g/mol. The van der Waals surface area contributed by atoms with Crippen LogP contribution in [0.15, 0.2) is 95.5 Å². The van der Waals surface area contributed by atoms with Gasteiger partial charge >= 0.3 is 0 Å². The summed E-state index contributed by atoms with van der Waals surface area (Å²) in [6.45, 7) is 8.74. The summed E-state index contributed by atoms with van der Waals surface area (Å²) in [5, 5.41) is 1.45. The fourth-order valence-corrected chi connectivity index (χ4v) is 5.40. The van der Waals surface area contributed by atoms with E-state index in [1.54, 1.807) is 24.3 Å². The zero-order valence-electron chi connectivity index (χ0n) is 30.5. The van der Waals surface area contributed by atoms with Crippen molar-refractivity contribution in [1.82, 2.24) is 4.98 Å². The van der Waals surface area contributed by atoms with Crippen molar-refractivity contribution < 1.29 is 12.6 Å². The van der Waals surface area contributed by atoms with E-state index in [4.69, 9.17) is 12.6 Å². The molecule has 2 heteroatoms. The highest BCUT2D eigenvalue weighted by molar-refractivity contribution is 6.13. The molecule has 0 N–H and O–H groups in total. The van der Waals surface area contributed by atoms with Gasteiger partial charge in [0.25, 0.3) is 0 Å². The predicted octanol–water partition coefficient (Wildman–Crippen LogP) is 11.2. The van der Waals surface area contributed by atoms with Gasteiger partial charge in [0.05, 0.1) is 5.69 Å². The molecule has 2 aromatic heterocycles. The van der Waals surface area contributed by atoms with Gasteiger partial charge in [0, 0.05) is 36.3 Å². The van der Waals surface area contributed by atoms with Crippen molar-refractivity contribution in [2.45, 2.75) is 66.1 Å². The Kier molecular flexibility index (Phi) is 4.91. The van der Waals surface area contributed by atoms with Gasteiger partial charge in [-0.3, -0.25) is 4.98 Å². The van der Waals surface area contributed by atoms with Crippen LogP contribution in [0.25, 0.3) is 55.4 Å². The summed E-state index contributed by atoms with van der Waals surface area (Å²) < 4.78 is 54.6. The molecule has 0 bridgehead atoms. The lowest BCUT2D eigenvalue weighted by Gasteiger charge is -2.26. The fourth-order valence-electron chi connectivity index (χ4n) is 5.40. The van der Waals surface area contributed by atoms with Gasteiger partial charge in [-0.1, -0.05) is 96.1 Å². The number of furan rings is 1. The van der Waals surface area contributed by atoms with Gasteiger partial charge < -0.3 is 4.42 Å². The van der Waals surface area contributed by atoms with Crippen LogP contribution in [0.2, 0.25) is 0 Å². The molecule has 0 unspecified atom stereocenters. The lowest BCUT2D eigenvalue weighted by Crippen LogP contribution is -2.16. The van der Waals surface area contributed by atoms with Gasteiger partial charge in [-0.25, -0.2) is 0 Å². The number of aromatic nitrogens is 1. The highest BCUT2D eigenvalue weighted by atomic mass is 16.3. The number of hydrogen-bond donors (Lipinski definition) is 0. The summed E-state index contributed by atoms with van der Waals surface area (Å²) in [4.78, 5) is 4.46. The number of benzene rings is 4. The Hall–Kier alpha value is -4.17. The van der Waals surface area contributed by atoms with E-state index in [0.29, 0.717) is 33.4 Å². The number of aryl methyl sites for hydroxylation is 2. The molecule has 0 radical (unpaired) electrons. The molecule has 0 aliphatic carbocycles. The predicted molar refractivity (Wildman–Crippen MR) is 175 cm³/mol. The molecule has 0 aliphatic heterocycles. The topological polar surface area (TPSA) is 26.0 Å². The van der Waals surface area contributed by atoms with E-state index in [-0.39, 0.29) is 22.0 Å². The van der Waals surface area contributed by atoms with Gasteiger partial charge in [-0.2, -0.15) is 0 Å². The second kappa shape index (κ2) is 9.73. The summed E-state index contributed by atoms with van der Waals surface area (Å²) in [5.41, 5.74) is 8.87. The van der Waals surface area contributed by atoms with Crippen LogP contribution in [-0.2, 0) is 10.8 Å². The van der Waals surface area contributed by atoms with Crippen LogP contribution in [-0.4, -0.2) is 4.98 Å². The molecule has 0 amide bonds. The van der Waals surface area contributed by atoms with Crippen molar-refractivity contribution in [1.29, 1.82) is 0 Å². The van der Waals surface area contributed by atoms with E-state index >= 15 is 0 Å². The highest BCUT2D eigenvalue weighted by Gasteiger charge is 2.22. The number of para-hydroxylation sites is 1. The third-order valence-electron chi connectivity index (χ3n) is 7.81. The number of rotatable bonds is 3. The molecule has 0 aliphatic rings. The van der Waals surface area contributed by atoms with E-state index in [0.717, 1.165) is 22.1 Å². The van der Waals surface area contributed by atoms with E-state index in [1.807, 2.05) is 30.3 Å². The van der Waals surface area contributed by atoms with E-state index in [9.17, 15) is 0 Å². The standard InChI is InChI=1S/C39H39NO/c1-24-15-16-35(40-23-24)32-14-10-13-31-34-18-25(2)17-33(37(34)41-36(31)32)27-12-9-11-26(19-27)28-20-29(38(3,4)5)22-30(21-28)39(6,7)8/h9-23H,1-8H3/i1D3,2D3. The summed E-state index contributed by atoms with van der Waals surface area (Å²) >= 11 is 0. The van der Waals surface area contributed by atoms with Gasteiger partial charge in [-0.05, 0) is 93.8 Å². The van der Waals surface area contributed by atoms with Crippen molar-refractivity contribution in [3.63, 3.8) is 0 Å². The minimum absolute atomic E-state index is 0.0400. The minimum Gasteiger partial charge on any atom is -0.455 e. The van der Waals surface area contributed by atoms with Crippen molar-refractivity contribution >= 4 is 21.9 Å². The normalized spacial score (nSPS) is 15.2. The van der Waals surface area contributed by atoms with Gasteiger partial charge in [-0.15, -0.1) is 0 Å². The molecule has 4 aromatic carbocycles. The second-order valence-corrected chi connectivity index (χ2v) is 13.0. The maximum atomic E-state index is 8.30. The Morgan fingerprint density at radius 3 is 1.93 bits per heavy atom. The quantitative estimate of drug-likeness (QED) is 0.222. The molecule has 206 valence electrons. The van der Waals surface area contributed by atoms with Crippen molar-refractivity contribution in [2.75, 3.05) is 0 Å². The number of fused-ring (bicyclic) bond motifs is 3. The number of pyridine rings is 1. The maximum absolute atomic E-state index is 8.30. The third-order valence-corrected chi connectivity index (χ3v) is 7.81. The Labute approximate surface area is 252 Å². The Bertz CT molecular complexity index is 2090. The first kappa shape index (κ1) is 20.7. The Balaban J connectivity index is 1.57. The summed E-state index contributed by atoms with van der Waals surface area (Å²) in [7, 11) is 0. The van der Waals surface area contributed by atoms with Crippen LogP contribution in [0.4, 0.5) is 0 Å². The number of nitrogens with zero attached hydrogens (tertiary/aromatic N) is 1. The van der Waals surface area contributed by atoms with Crippen LogP contribution in [0.1, 0.15) is 72.0 Å². The Morgan fingerprint density at radius 2 is 1.27 bits per heavy atom. The van der Waals surface area contributed by atoms with Crippen LogP contribution in [0.3, 0.4) is 0 Å². The zero-order valence-corrected chi connectivity index (χ0v) is 24.5. The second-order valence-electron chi connectivity index (χ2n) is 13.0. The van der Waals surface area contributed by atoms with Gasteiger partial charge in [0.1, 0.15) is 11.2 Å². The Morgan fingerprint density at radius 1 is 0.585 bits per heavy atom. The van der Waals surface area contributed by atoms with Gasteiger partial charge in [0.15, 0.2) is 0 Å². The lowest BCUT2D eigenvalue weighted by molar-refractivity contribution is 0.569. The first-order chi connectivity index (χ1) is 21.8. The molecule has 0 spiro atoms. The summed E-state index contributed by atoms with van der Waals surface area (Å²) in [6.07, 6.45) is 1.37. The first-order valence-electron chi connectivity index (χ1n) is 17.0. The van der Waals surface area contributed by atoms with Crippen LogP contribution >= 0.6 is 0 Å². The molecular weight excluding hydrogens is 498 g/mol. The maximum Gasteiger partial charge on any atom is 0.144 e. The van der Waals surface area contributed by atoms with E-state index in [1.165, 1.54) is 17.3 Å². The van der Waals surface area contributed by atoms with Crippen LogP contribution < -0.4 is 0 Å². The third kappa shape index (κ3) is 5.08. The average Bonchev–Trinajstić information content (AvgIpc) is 3.38. The molecule has 0 fully saturated rings. The highest BCUT2D eigenvalue weighted by Crippen LogP contribution is 2.41. The molecule has 0 atom stereocenters. The summed E-state index contributed by atoms with van der Waals surface area (Å²) in [6, 6.07) is 27.3. The molecule has 6 aromatic rings. The molecule has 6 rings (SSSR count). The average molecular weight is 544 g/mol. The molecule has 0 saturated carbocycles.